The van der Waals surface area contributed by atoms with Gasteiger partial charge in [-0.3, -0.25) is 4.79 Å². The first-order valence-electron chi connectivity index (χ1n) is 8.50. The molecule has 0 aliphatic rings. The molecule has 2 aromatic rings. The molecule has 6 nitrogen and oxygen atoms in total. The number of nitrogens with two attached hydrogens (primary N) is 1. The Kier molecular flexibility index (Phi) is 10.6. The Morgan fingerprint density at radius 3 is 2.63 bits per heavy atom. The van der Waals surface area contributed by atoms with E-state index in [-0.39, 0.29) is 18.3 Å². The van der Waals surface area contributed by atoms with E-state index in [2.05, 4.69) is 10.3 Å². The summed E-state index contributed by atoms with van der Waals surface area (Å²) in [5.41, 5.74) is 6.76. The Morgan fingerprint density at radius 2 is 1.96 bits per heavy atom. The van der Waals surface area contributed by atoms with E-state index in [0.717, 1.165) is 17.1 Å². The van der Waals surface area contributed by atoms with Crippen LogP contribution in [0.25, 0.3) is 0 Å². The van der Waals surface area contributed by atoms with Crippen LogP contribution in [0.2, 0.25) is 0 Å². The van der Waals surface area contributed by atoms with Crippen LogP contribution in [-0.4, -0.2) is 35.5 Å². The van der Waals surface area contributed by atoms with Crippen molar-refractivity contribution in [1.82, 2.24) is 10.3 Å². The molecule has 0 aliphatic carbocycles. The first-order chi connectivity index (χ1) is 12.6. The van der Waals surface area contributed by atoms with E-state index in [1.165, 1.54) is 0 Å². The number of amides is 1. The van der Waals surface area contributed by atoms with Crippen LogP contribution in [-0.2, 0) is 11.3 Å². The van der Waals surface area contributed by atoms with Crippen LogP contribution in [0.3, 0.4) is 0 Å². The maximum Gasteiger partial charge on any atom is 0.237 e. The molecule has 27 heavy (non-hydrogen) atoms. The fourth-order valence-electron chi connectivity index (χ4n) is 2.20. The Balaban J connectivity index is 0.00000364. The van der Waals surface area contributed by atoms with Gasteiger partial charge in [-0.05, 0) is 61.2 Å². The predicted molar refractivity (Wildman–Crippen MR) is 112 cm³/mol. The number of aromatic nitrogens is 1. The monoisotopic (exact) mass is 411 g/mol. The van der Waals surface area contributed by atoms with Crippen LogP contribution in [0.5, 0.6) is 17.4 Å². The first kappa shape index (κ1) is 23.1. The zero-order chi connectivity index (χ0) is 18.8. The molecule has 0 saturated heterocycles. The number of nitrogens with zero attached hydrogens (tertiary/aromatic N) is 1. The number of benzene rings is 1. The smallest absolute Gasteiger partial charge is 0.237 e. The number of ether oxygens (including phenoxy) is 2. The van der Waals surface area contributed by atoms with Crippen LogP contribution in [0, 0.1) is 0 Å². The number of carbonyl (C=O) groups is 1. The topological polar surface area (TPSA) is 86.5 Å². The molecule has 1 aromatic carbocycles. The van der Waals surface area contributed by atoms with Gasteiger partial charge in [-0.15, -0.1) is 12.4 Å². The number of carbonyl (C=O) groups excluding carboxylic acids is 1. The van der Waals surface area contributed by atoms with Gasteiger partial charge in [0.25, 0.3) is 0 Å². The molecule has 0 fully saturated rings. The number of nitrogens with one attached hydrogen (secondary N) is 1. The zero-order valence-electron chi connectivity index (χ0n) is 15.5. The Hall–Kier alpha value is -1.96. The Morgan fingerprint density at radius 1 is 1.26 bits per heavy atom. The molecule has 1 amide bonds. The molecule has 1 atom stereocenters. The number of halogens is 1. The number of thioether (sulfide) groups is 1. The summed E-state index contributed by atoms with van der Waals surface area (Å²) in [4.78, 5) is 16.2. The summed E-state index contributed by atoms with van der Waals surface area (Å²) >= 11 is 1.68. The first-order valence-corrected chi connectivity index (χ1v) is 9.89. The van der Waals surface area contributed by atoms with Crippen molar-refractivity contribution in [3.05, 3.63) is 48.2 Å². The van der Waals surface area contributed by atoms with Gasteiger partial charge in [-0.2, -0.15) is 11.8 Å². The van der Waals surface area contributed by atoms with Gasteiger partial charge in [0, 0.05) is 18.8 Å². The highest BCUT2D eigenvalue weighted by Gasteiger charge is 2.12. The lowest BCUT2D eigenvalue weighted by Crippen LogP contribution is -2.40. The molecule has 3 N–H and O–H groups in total. The molecule has 0 spiro atoms. The van der Waals surface area contributed by atoms with Crippen LogP contribution in [0.4, 0.5) is 0 Å². The van der Waals surface area contributed by atoms with E-state index in [1.54, 1.807) is 24.0 Å². The van der Waals surface area contributed by atoms with E-state index < -0.39 is 6.04 Å². The third-order valence-electron chi connectivity index (χ3n) is 3.59. The molecule has 8 heteroatoms. The molecule has 0 unspecified atom stereocenters. The third kappa shape index (κ3) is 8.07. The molecule has 0 radical (unpaired) electrons. The summed E-state index contributed by atoms with van der Waals surface area (Å²) in [6.45, 7) is 2.94. The van der Waals surface area contributed by atoms with Gasteiger partial charge in [0.05, 0.1) is 12.6 Å². The lowest BCUT2D eigenvalue weighted by molar-refractivity contribution is -0.122. The maximum absolute atomic E-state index is 12.0. The minimum atomic E-state index is -0.483. The van der Waals surface area contributed by atoms with Gasteiger partial charge in [-0.1, -0.05) is 0 Å². The zero-order valence-corrected chi connectivity index (χ0v) is 17.1. The second-order valence-corrected chi connectivity index (χ2v) is 6.60. The number of hydrogen-bond donors (Lipinski definition) is 2. The van der Waals surface area contributed by atoms with Crippen molar-refractivity contribution in [3.63, 3.8) is 0 Å². The molecule has 0 bridgehead atoms. The summed E-state index contributed by atoms with van der Waals surface area (Å²) in [5.74, 6) is 2.64. The van der Waals surface area contributed by atoms with Crippen LogP contribution < -0.4 is 20.5 Å². The van der Waals surface area contributed by atoms with Crippen LogP contribution in [0.15, 0.2) is 42.6 Å². The van der Waals surface area contributed by atoms with Crippen molar-refractivity contribution in [2.75, 3.05) is 18.6 Å². The van der Waals surface area contributed by atoms with Gasteiger partial charge in [-0.25, -0.2) is 4.98 Å². The third-order valence-corrected chi connectivity index (χ3v) is 4.24. The summed E-state index contributed by atoms with van der Waals surface area (Å²) < 4.78 is 11.2. The lowest BCUT2D eigenvalue weighted by atomic mass is 10.2. The highest BCUT2D eigenvalue weighted by Crippen LogP contribution is 2.23. The molecule has 1 heterocycles. The van der Waals surface area contributed by atoms with E-state index in [4.69, 9.17) is 15.2 Å². The minimum Gasteiger partial charge on any atom is -0.494 e. The number of hydrogen-bond acceptors (Lipinski definition) is 6. The molecule has 0 aliphatic heterocycles. The van der Waals surface area contributed by atoms with Crippen molar-refractivity contribution in [2.24, 2.45) is 5.73 Å². The second-order valence-electron chi connectivity index (χ2n) is 5.61. The Bertz CT molecular complexity index is 701. The van der Waals surface area contributed by atoms with Crippen molar-refractivity contribution in [2.45, 2.75) is 25.9 Å². The van der Waals surface area contributed by atoms with Crippen LogP contribution in [0.1, 0.15) is 18.9 Å². The summed E-state index contributed by atoms with van der Waals surface area (Å²) in [5, 5.41) is 2.85. The average Bonchev–Trinajstić information content (AvgIpc) is 2.66. The van der Waals surface area contributed by atoms with Crippen molar-refractivity contribution >= 4 is 30.1 Å². The molecular formula is C19H26ClN3O3S. The van der Waals surface area contributed by atoms with E-state index in [0.29, 0.717) is 31.2 Å². The molecule has 2 rings (SSSR count). The highest BCUT2D eigenvalue weighted by atomic mass is 35.5. The normalized spacial score (nSPS) is 11.2. The van der Waals surface area contributed by atoms with Crippen molar-refractivity contribution in [3.8, 4) is 17.4 Å². The number of rotatable bonds is 10. The van der Waals surface area contributed by atoms with E-state index in [1.807, 2.05) is 43.5 Å². The summed E-state index contributed by atoms with van der Waals surface area (Å²) in [7, 11) is 0. The van der Waals surface area contributed by atoms with Gasteiger partial charge in [0.15, 0.2) is 0 Å². The van der Waals surface area contributed by atoms with Gasteiger partial charge in [0.2, 0.25) is 11.8 Å². The maximum atomic E-state index is 12.0. The van der Waals surface area contributed by atoms with E-state index >= 15 is 0 Å². The summed E-state index contributed by atoms with van der Waals surface area (Å²) in [6.07, 6.45) is 4.31. The molecular weight excluding hydrogens is 386 g/mol. The van der Waals surface area contributed by atoms with Crippen molar-refractivity contribution in [1.29, 1.82) is 0 Å². The fourth-order valence-corrected chi connectivity index (χ4v) is 2.69. The Labute approximate surface area is 170 Å². The molecule has 148 valence electrons. The van der Waals surface area contributed by atoms with E-state index in [9.17, 15) is 4.79 Å². The predicted octanol–water partition coefficient (Wildman–Crippen LogP) is 3.39. The fraction of sp³-hybridized carbons (Fsp3) is 0.368. The minimum absolute atomic E-state index is 0. The lowest BCUT2D eigenvalue weighted by Gasteiger charge is -2.12. The summed E-state index contributed by atoms with van der Waals surface area (Å²) in [6, 6.07) is 10.5. The van der Waals surface area contributed by atoms with Gasteiger partial charge in [0.1, 0.15) is 11.5 Å². The standard InChI is InChI=1S/C19H25N3O3S.ClH/c1-3-24-15-4-6-16(7-5-15)25-18-12-14(8-10-21-18)13-22-19(23)17(20)9-11-26-2;/h4-8,10,12,17H,3,9,11,13,20H2,1-2H3,(H,22,23);1H/t17-;/m0./s1. The quantitative estimate of drug-likeness (QED) is 0.623. The van der Waals surface area contributed by atoms with Gasteiger partial charge < -0.3 is 20.5 Å². The van der Waals surface area contributed by atoms with Gasteiger partial charge >= 0.3 is 0 Å². The second kappa shape index (κ2) is 12.4. The average molecular weight is 412 g/mol. The highest BCUT2D eigenvalue weighted by molar-refractivity contribution is 7.98. The van der Waals surface area contributed by atoms with Crippen LogP contribution >= 0.6 is 24.2 Å². The molecule has 0 saturated carbocycles. The molecule has 1 aromatic heterocycles. The largest absolute Gasteiger partial charge is 0.494 e. The SMILES string of the molecule is CCOc1ccc(Oc2cc(CNC(=O)[C@@H](N)CCSC)ccn2)cc1.Cl. The van der Waals surface area contributed by atoms with Crippen molar-refractivity contribution < 1.29 is 14.3 Å². The number of pyridine rings is 1.